The lowest BCUT2D eigenvalue weighted by Crippen LogP contribution is -2.47. The Labute approximate surface area is 463 Å². The van der Waals surface area contributed by atoms with Crippen molar-refractivity contribution in [1.82, 2.24) is 14.6 Å². The van der Waals surface area contributed by atoms with E-state index in [-0.39, 0.29) is 56.5 Å². The molecule has 16 heteroatoms. The average molecular weight is 1080 g/mol. The highest BCUT2D eigenvalue weighted by molar-refractivity contribution is 7.44. The van der Waals surface area contributed by atoms with Gasteiger partial charge in [0.15, 0.2) is 0 Å². The minimum absolute atomic E-state index is 0.00800. The summed E-state index contributed by atoms with van der Waals surface area (Å²) >= 11 is 0. The van der Waals surface area contributed by atoms with E-state index in [1.54, 1.807) is 43.5 Å². The minimum Gasteiger partial charge on any atom is -0.497 e. The summed E-state index contributed by atoms with van der Waals surface area (Å²) in [6.45, 7) is 8.79. The van der Waals surface area contributed by atoms with Crippen molar-refractivity contribution in [3.8, 4) is 34.6 Å². The number of fused-ring (bicyclic) bond motifs is 3. The summed E-state index contributed by atoms with van der Waals surface area (Å²) in [5, 5.41) is 20.9. The number of nitrogens with zero attached hydrogens (tertiary/aromatic N) is 5. The number of nitro groups is 1. The summed E-state index contributed by atoms with van der Waals surface area (Å²) in [5.74, 6) is 1.50. The van der Waals surface area contributed by atoms with E-state index in [9.17, 15) is 15.4 Å². The Balaban J connectivity index is 1.14. The van der Waals surface area contributed by atoms with Gasteiger partial charge in [-0.25, -0.2) is 14.4 Å². The number of ether oxygens (including phenoxy) is 5. The van der Waals surface area contributed by atoms with Crippen molar-refractivity contribution in [2.45, 2.75) is 88.7 Å². The van der Waals surface area contributed by atoms with E-state index >= 15 is 4.79 Å². The van der Waals surface area contributed by atoms with Crippen LogP contribution in [0.25, 0.3) is 11.1 Å². The van der Waals surface area contributed by atoms with Crippen molar-refractivity contribution in [2.24, 2.45) is 0 Å². The van der Waals surface area contributed by atoms with Crippen LogP contribution >= 0.6 is 8.53 Å². The first-order valence-electron chi connectivity index (χ1n) is 26.6. The smallest absolute Gasteiger partial charge is 0.410 e. The predicted molar refractivity (Wildman–Crippen MR) is 303 cm³/mol. The van der Waals surface area contributed by atoms with Crippen LogP contribution in [0.2, 0.25) is 0 Å². The first-order chi connectivity index (χ1) is 38.4. The third kappa shape index (κ3) is 12.4. The van der Waals surface area contributed by atoms with E-state index in [1.807, 2.05) is 109 Å². The van der Waals surface area contributed by atoms with Crippen LogP contribution < -0.4 is 14.2 Å². The average Bonchev–Trinajstić information content (AvgIpc) is 4.04. The van der Waals surface area contributed by atoms with Crippen molar-refractivity contribution >= 4 is 20.3 Å². The molecule has 0 N–H and O–H groups in total. The van der Waals surface area contributed by atoms with Gasteiger partial charge in [0, 0.05) is 55.2 Å². The number of hydrogen-bond acceptors (Lipinski definition) is 13. The van der Waals surface area contributed by atoms with Gasteiger partial charge in [0.25, 0.3) is 14.2 Å². The van der Waals surface area contributed by atoms with Crippen molar-refractivity contribution in [2.75, 3.05) is 40.6 Å². The molecule has 1 saturated heterocycles. The first-order valence-corrected chi connectivity index (χ1v) is 27.8. The summed E-state index contributed by atoms with van der Waals surface area (Å²) in [7, 11) is 1.45. The monoisotopic (exact) mass is 1080 g/mol. The lowest BCUT2D eigenvalue weighted by Gasteiger charge is -2.40. The zero-order chi connectivity index (χ0) is 55.5. The van der Waals surface area contributed by atoms with Gasteiger partial charge in [0.1, 0.15) is 23.7 Å². The number of likely N-dealkylation sites (tertiary alicyclic amines) is 1. The van der Waals surface area contributed by atoms with Gasteiger partial charge in [0.2, 0.25) is 5.88 Å². The highest BCUT2D eigenvalue weighted by Gasteiger charge is 2.50. The maximum Gasteiger partial charge on any atom is 0.410 e. The molecule has 7 aromatic rings. The molecule has 79 heavy (non-hydrogen) atoms. The Bertz CT molecular complexity index is 3080. The molecule has 2 heterocycles. The van der Waals surface area contributed by atoms with E-state index < -0.39 is 43.3 Å². The number of methoxy groups -OCH3 is 2. The lowest BCUT2D eigenvalue weighted by atomic mass is 9.80. The zero-order valence-corrected chi connectivity index (χ0v) is 46.2. The molecule has 0 saturated carbocycles. The minimum atomic E-state index is -1.82. The van der Waals surface area contributed by atoms with Gasteiger partial charge in [-0.2, -0.15) is 5.26 Å². The van der Waals surface area contributed by atoms with Gasteiger partial charge < -0.3 is 32.7 Å². The second-order valence-corrected chi connectivity index (χ2v) is 21.4. The molecule has 15 nitrogen and oxygen atoms in total. The van der Waals surface area contributed by atoms with Crippen LogP contribution in [0.4, 0.5) is 10.5 Å². The van der Waals surface area contributed by atoms with Crippen molar-refractivity contribution in [3.05, 3.63) is 219 Å². The molecular weight excluding hydrogens is 1020 g/mol. The van der Waals surface area contributed by atoms with E-state index in [1.165, 1.54) is 12.1 Å². The molecule has 0 radical (unpaired) electrons. The van der Waals surface area contributed by atoms with Crippen LogP contribution in [-0.4, -0.2) is 90.4 Å². The molecule has 6 aromatic carbocycles. The molecule has 1 aliphatic carbocycles. The normalized spacial score (nSPS) is 16.4. The maximum atomic E-state index is 15.7. The molecule has 1 aliphatic heterocycles. The van der Waals surface area contributed by atoms with Crippen LogP contribution in [0.15, 0.2) is 170 Å². The molecule has 1 fully saturated rings. The standard InChI is InChI=1S/C63H66N5O10P/c1-43(2)67(44(3)4)79(77-37-14-36-64)78-60-39-58(46-23-34-61(65-40-46)74-38-35-45-21-28-50(29-22-45)68(70)71)66(62(69)75-41-57-55-19-12-10-17-53(55)54-18-11-13-20-56(54)57)59(60)42-76-63(47-15-8-7-9-16-47,48-24-30-51(72-5)31-25-48)49-26-32-52(73-6)33-27-49/h7-13,15-34,40,43-44,57-60H,14,35,37-39,41-42H2,1-6H3/t58-,59-,60+,79?/m1/s1. The number of hydrogen-bond donors (Lipinski definition) is 0. The Morgan fingerprint density at radius 2 is 1.34 bits per heavy atom. The van der Waals surface area contributed by atoms with Gasteiger partial charge in [-0.3, -0.25) is 15.0 Å². The molecule has 1 aromatic heterocycles. The van der Waals surface area contributed by atoms with Crippen LogP contribution in [0.3, 0.4) is 0 Å². The van der Waals surface area contributed by atoms with Crippen molar-refractivity contribution in [3.63, 3.8) is 0 Å². The number of rotatable bonds is 24. The Hall–Kier alpha value is -7.70. The van der Waals surface area contributed by atoms with Crippen LogP contribution in [-0.2, 0) is 30.5 Å². The third-order valence-corrected chi connectivity index (χ3v) is 16.7. The SMILES string of the molecule is COc1ccc(C(OC[C@@H]2[C@@H](OP(OCCC#N)N(C(C)C)C(C)C)C[C@H](c3ccc(OCCc4ccc([N+](=O)[O-])cc4)nc3)N2C(=O)OCC2c3ccccc3-c3ccccc32)(c2ccccc2)c2ccc(OC)cc2)cc1. The number of carbonyl (C=O) groups excluding carboxylic acids is 1. The summed E-state index contributed by atoms with van der Waals surface area (Å²) < 4.78 is 47.9. The fourth-order valence-corrected chi connectivity index (χ4v) is 12.6. The molecule has 9 rings (SSSR count). The number of carbonyl (C=O) groups is 1. The Morgan fingerprint density at radius 1 is 0.759 bits per heavy atom. The van der Waals surface area contributed by atoms with E-state index in [4.69, 9.17) is 37.7 Å². The Kier molecular flexibility index (Phi) is 18.3. The van der Waals surface area contributed by atoms with Gasteiger partial charge in [0.05, 0.1) is 69.6 Å². The van der Waals surface area contributed by atoms with Gasteiger partial charge in [-0.15, -0.1) is 0 Å². The number of nitro benzene ring substituents is 1. The van der Waals surface area contributed by atoms with Gasteiger partial charge in [-0.1, -0.05) is 121 Å². The van der Waals surface area contributed by atoms with E-state index in [2.05, 4.69) is 62.7 Å². The highest BCUT2D eigenvalue weighted by Crippen LogP contribution is 2.53. The number of aromatic nitrogens is 1. The zero-order valence-electron chi connectivity index (χ0n) is 45.3. The van der Waals surface area contributed by atoms with E-state index in [0.717, 1.165) is 44.5 Å². The lowest BCUT2D eigenvalue weighted by molar-refractivity contribution is -0.384. The third-order valence-electron chi connectivity index (χ3n) is 14.6. The largest absolute Gasteiger partial charge is 0.497 e. The molecule has 0 bridgehead atoms. The summed E-state index contributed by atoms with van der Waals surface area (Å²) in [6, 6.07) is 53.0. The fourth-order valence-electron chi connectivity index (χ4n) is 10.9. The molecule has 4 atom stereocenters. The first kappa shape index (κ1) is 56.0. The van der Waals surface area contributed by atoms with Crippen LogP contribution in [0.5, 0.6) is 17.4 Å². The fraction of sp³-hybridized carbons (Fsp3) is 0.317. The van der Waals surface area contributed by atoms with Crippen molar-refractivity contribution < 1.29 is 42.4 Å². The molecule has 408 valence electrons. The maximum absolute atomic E-state index is 15.7. The predicted octanol–water partition coefficient (Wildman–Crippen LogP) is 13.4. The second-order valence-electron chi connectivity index (χ2n) is 20.0. The number of nitriles is 1. The molecule has 0 spiro atoms. The van der Waals surface area contributed by atoms with Gasteiger partial charge in [-0.05, 0) is 102 Å². The number of benzene rings is 6. The molecular formula is C63H66N5O10P. The topological polar surface area (TPSA) is 168 Å². The molecule has 2 aliphatic rings. The molecule has 1 amide bonds. The quantitative estimate of drug-likeness (QED) is 0.0184. The Morgan fingerprint density at radius 3 is 1.89 bits per heavy atom. The summed E-state index contributed by atoms with van der Waals surface area (Å²) in [5.41, 5.74) is 7.20. The summed E-state index contributed by atoms with van der Waals surface area (Å²) in [4.78, 5) is 33.1. The van der Waals surface area contributed by atoms with Crippen LogP contribution in [0, 0.1) is 21.4 Å². The molecule has 1 unspecified atom stereocenters. The highest BCUT2D eigenvalue weighted by atomic mass is 31.2. The van der Waals surface area contributed by atoms with Crippen LogP contribution in [0.1, 0.15) is 91.4 Å². The number of non-ortho nitro benzene ring substituents is 1. The number of amides is 1. The summed E-state index contributed by atoms with van der Waals surface area (Å²) in [6.07, 6.45) is 1.41. The number of pyridine rings is 1. The van der Waals surface area contributed by atoms with Gasteiger partial charge >= 0.3 is 6.09 Å². The van der Waals surface area contributed by atoms with E-state index in [0.29, 0.717) is 35.8 Å². The van der Waals surface area contributed by atoms with Crippen molar-refractivity contribution in [1.29, 1.82) is 5.26 Å². The second kappa shape index (κ2) is 25.8.